The van der Waals surface area contributed by atoms with Crippen molar-refractivity contribution in [1.82, 2.24) is 10.2 Å². The molecule has 0 aromatic rings. The highest BCUT2D eigenvalue weighted by atomic mass is 19.4. The third kappa shape index (κ3) is 4.36. The molecule has 0 saturated carbocycles. The number of nitrogens with zero attached hydrogens (tertiary/aromatic N) is 1. The van der Waals surface area contributed by atoms with Crippen LogP contribution in [-0.2, 0) is 4.79 Å². The van der Waals surface area contributed by atoms with Gasteiger partial charge in [-0.25, -0.2) is 0 Å². The van der Waals surface area contributed by atoms with Crippen LogP contribution >= 0.6 is 0 Å². The van der Waals surface area contributed by atoms with Crippen molar-refractivity contribution in [3.05, 3.63) is 0 Å². The number of hydrogen-bond donors (Lipinski definition) is 2. The molecule has 0 aromatic heterocycles. The van der Waals surface area contributed by atoms with E-state index in [0.29, 0.717) is 13.0 Å². The summed E-state index contributed by atoms with van der Waals surface area (Å²) in [5.74, 6) is -0.415. The first kappa shape index (κ1) is 13.2. The Morgan fingerprint density at radius 1 is 1.56 bits per heavy atom. The predicted octanol–water partition coefficient (Wildman–Crippen LogP) is 0.122. The summed E-state index contributed by atoms with van der Waals surface area (Å²) in [6.45, 7) is 0.640. The zero-order chi connectivity index (χ0) is 12.4. The first-order valence-corrected chi connectivity index (χ1v) is 4.97. The molecule has 1 aliphatic heterocycles. The fraction of sp³-hybridized carbons (Fsp3) is 0.889. The Morgan fingerprint density at radius 3 is 2.62 bits per heavy atom. The van der Waals surface area contributed by atoms with Crippen LogP contribution in [0.25, 0.3) is 0 Å². The minimum absolute atomic E-state index is 0.180. The molecule has 0 aliphatic carbocycles. The van der Waals surface area contributed by atoms with Gasteiger partial charge < -0.3 is 15.3 Å². The lowest BCUT2D eigenvalue weighted by Crippen LogP contribution is -2.41. The topological polar surface area (TPSA) is 52.6 Å². The van der Waals surface area contributed by atoms with E-state index >= 15 is 0 Å². The zero-order valence-electron chi connectivity index (χ0n) is 8.97. The van der Waals surface area contributed by atoms with Crippen molar-refractivity contribution in [2.75, 3.05) is 26.2 Å². The summed E-state index contributed by atoms with van der Waals surface area (Å²) in [5.41, 5.74) is -0.917. The van der Waals surface area contributed by atoms with Gasteiger partial charge in [0, 0.05) is 13.1 Å². The third-order valence-corrected chi connectivity index (χ3v) is 2.41. The molecule has 2 N–H and O–H groups in total. The van der Waals surface area contributed by atoms with Gasteiger partial charge in [-0.1, -0.05) is 0 Å². The largest absolute Gasteiger partial charge is 0.401 e. The fourth-order valence-corrected chi connectivity index (χ4v) is 1.58. The summed E-state index contributed by atoms with van der Waals surface area (Å²) in [5, 5.41) is 11.6. The molecule has 0 aromatic carbocycles. The van der Waals surface area contributed by atoms with Crippen LogP contribution in [0.5, 0.6) is 0 Å². The molecule has 0 spiro atoms. The van der Waals surface area contributed by atoms with Gasteiger partial charge in [-0.05, 0) is 13.3 Å². The van der Waals surface area contributed by atoms with Crippen molar-refractivity contribution in [2.24, 2.45) is 0 Å². The van der Waals surface area contributed by atoms with Crippen molar-refractivity contribution < 1.29 is 23.1 Å². The molecule has 1 fully saturated rings. The molecule has 1 amide bonds. The maximum Gasteiger partial charge on any atom is 0.401 e. The van der Waals surface area contributed by atoms with Crippen LogP contribution in [-0.4, -0.2) is 53.9 Å². The lowest BCUT2D eigenvalue weighted by atomic mass is 10.1. The second-order valence-corrected chi connectivity index (χ2v) is 4.28. The maximum absolute atomic E-state index is 11.8. The average molecular weight is 240 g/mol. The Labute approximate surface area is 91.4 Å². The molecule has 0 bridgehead atoms. The molecule has 1 aliphatic rings. The number of likely N-dealkylation sites (tertiary alicyclic amines) is 1. The van der Waals surface area contributed by atoms with Gasteiger partial charge >= 0.3 is 6.18 Å². The number of halogens is 3. The Balaban J connectivity index is 2.27. The maximum atomic E-state index is 11.8. The summed E-state index contributed by atoms with van der Waals surface area (Å²) in [4.78, 5) is 12.8. The Hall–Kier alpha value is -0.820. The fourth-order valence-electron chi connectivity index (χ4n) is 1.58. The van der Waals surface area contributed by atoms with E-state index in [0.717, 1.165) is 0 Å². The van der Waals surface area contributed by atoms with Crippen molar-refractivity contribution in [1.29, 1.82) is 0 Å². The second-order valence-electron chi connectivity index (χ2n) is 4.28. The number of aliphatic hydroxyl groups is 1. The SMILES string of the molecule is CC1(O)CCN(C(=O)CNCC(F)(F)F)C1. The van der Waals surface area contributed by atoms with Gasteiger partial charge in [0.05, 0.1) is 18.7 Å². The Morgan fingerprint density at radius 2 is 2.19 bits per heavy atom. The predicted molar refractivity (Wildman–Crippen MR) is 50.7 cm³/mol. The minimum atomic E-state index is -4.31. The highest BCUT2D eigenvalue weighted by molar-refractivity contribution is 5.78. The highest BCUT2D eigenvalue weighted by Crippen LogP contribution is 2.20. The normalized spacial score (nSPS) is 26.2. The van der Waals surface area contributed by atoms with Gasteiger partial charge in [0.15, 0.2) is 0 Å². The van der Waals surface area contributed by atoms with E-state index in [1.165, 1.54) is 4.90 Å². The summed E-state index contributed by atoms with van der Waals surface area (Å²) < 4.78 is 35.3. The standard InChI is InChI=1S/C9H15F3N2O2/c1-8(16)2-3-14(6-8)7(15)4-13-5-9(10,11)12/h13,16H,2-6H2,1H3. The van der Waals surface area contributed by atoms with Crippen LogP contribution in [0.3, 0.4) is 0 Å². The van der Waals surface area contributed by atoms with E-state index in [1.807, 2.05) is 5.32 Å². The van der Waals surface area contributed by atoms with Gasteiger partial charge in [-0.2, -0.15) is 13.2 Å². The molecule has 16 heavy (non-hydrogen) atoms. The molecule has 94 valence electrons. The average Bonchev–Trinajstić information content (AvgIpc) is 2.43. The smallest absolute Gasteiger partial charge is 0.388 e. The molecule has 1 heterocycles. The lowest BCUT2D eigenvalue weighted by Gasteiger charge is -2.19. The molecule has 4 nitrogen and oxygen atoms in total. The quantitative estimate of drug-likeness (QED) is 0.737. The number of hydrogen-bond acceptors (Lipinski definition) is 3. The molecular weight excluding hydrogens is 225 g/mol. The van der Waals surface area contributed by atoms with Gasteiger partial charge in [-0.15, -0.1) is 0 Å². The van der Waals surface area contributed by atoms with Crippen LogP contribution in [0.15, 0.2) is 0 Å². The molecule has 0 radical (unpaired) electrons. The summed E-state index contributed by atoms with van der Waals surface area (Å²) >= 11 is 0. The number of carbonyl (C=O) groups excluding carboxylic acids is 1. The zero-order valence-corrected chi connectivity index (χ0v) is 8.97. The minimum Gasteiger partial charge on any atom is -0.388 e. The highest BCUT2D eigenvalue weighted by Gasteiger charge is 2.34. The number of rotatable bonds is 3. The van der Waals surface area contributed by atoms with Gasteiger partial charge in [-0.3, -0.25) is 4.79 Å². The van der Waals surface area contributed by atoms with Crippen LogP contribution < -0.4 is 5.32 Å². The summed E-state index contributed by atoms with van der Waals surface area (Å²) in [7, 11) is 0. The van der Waals surface area contributed by atoms with E-state index in [1.54, 1.807) is 6.92 Å². The van der Waals surface area contributed by atoms with Crippen molar-refractivity contribution in [3.63, 3.8) is 0 Å². The first-order chi connectivity index (χ1) is 7.20. The number of alkyl halides is 3. The number of amides is 1. The summed E-state index contributed by atoms with van der Waals surface area (Å²) in [6.07, 6.45) is -3.85. The van der Waals surface area contributed by atoms with Gasteiger partial charge in [0.2, 0.25) is 5.91 Å². The Bertz CT molecular complexity index is 266. The van der Waals surface area contributed by atoms with E-state index in [-0.39, 0.29) is 13.1 Å². The van der Waals surface area contributed by atoms with Crippen molar-refractivity contribution in [3.8, 4) is 0 Å². The van der Waals surface area contributed by atoms with Crippen molar-refractivity contribution >= 4 is 5.91 Å². The summed E-state index contributed by atoms with van der Waals surface area (Å²) in [6, 6.07) is 0. The molecule has 1 saturated heterocycles. The molecule has 7 heteroatoms. The Kier molecular flexibility index (Phi) is 3.80. The van der Waals surface area contributed by atoms with Crippen LogP contribution in [0.4, 0.5) is 13.2 Å². The van der Waals surface area contributed by atoms with Crippen molar-refractivity contribution in [2.45, 2.75) is 25.1 Å². The third-order valence-electron chi connectivity index (χ3n) is 2.41. The monoisotopic (exact) mass is 240 g/mol. The molecule has 1 unspecified atom stereocenters. The van der Waals surface area contributed by atoms with E-state index in [9.17, 15) is 23.1 Å². The van der Waals surface area contributed by atoms with Gasteiger partial charge in [0.25, 0.3) is 0 Å². The molecule has 1 rings (SSSR count). The molecule has 1 atom stereocenters. The van der Waals surface area contributed by atoms with Gasteiger partial charge in [0.1, 0.15) is 0 Å². The van der Waals surface area contributed by atoms with Crippen LogP contribution in [0, 0.1) is 0 Å². The second kappa shape index (κ2) is 4.58. The van der Waals surface area contributed by atoms with E-state index < -0.39 is 24.2 Å². The van der Waals surface area contributed by atoms with Crippen LogP contribution in [0.1, 0.15) is 13.3 Å². The lowest BCUT2D eigenvalue weighted by molar-refractivity contribution is -0.134. The first-order valence-electron chi connectivity index (χ1n) is 4.97. The van der Waals surface area contributed by atoms with Crippen LogP contribution in [0.2, 0.25) is 0 Å². The number of β-amino-alcohol motifs (C(OH)–C–C–N with tert-alkyl or cyclic N) is 1. The number of nitrogens with one attached hydrogen (secondary N) is 1. The van der Waals surface area contributed by atoms with E-state index in [4.69, 9.17) is 0 Å². The molecular formula is C9H15F3N2O2. The van der Waals surface area contributed by atoms with E-state index in [2.05, 4.69) is 0 Å². The number of carbonyl (C=O) groups is 1.